The van der Waals surface area contributed by atoms with Crippen molar-refractivity contribution in [1.29, 1.82) is 0 Å². The lowest BCUT2D eigenvalue weighted by atomic mass is 10.2. The molecule has 0 atom stereocenters. The van der Waals surface area contributed by atoms with E-state index in [0.717, 1.165) is 0 Å². The molecule has 3 aromatic rings. The molecule has 0 saturated heterocycles. The Morgan fingerprint density at radius 1 is 1.05 bits per heavy atom. The van der Waals surface area contributed by atoms with Gasteiger partial charge < -0.3 is 5.73 Å². The molecule has 3 nitrogen and oxygen atoms in total. The molecule has 7 heteroatoms. The van der Waals surface area contributed by atoms with E-state index in [2.05, 4.69) is 36.8 Å². The number of imidazole rings is 1. The van der Waals surface area contributed by atoms with Crippen molar-refractivity contribution in [3.8, 4) is 5.69 Å². The first-order valence-corrected chi connectivity index (χ1v) is 7.14. The Morgan fingerprint density at radius 3 is 2.55 bits per heavy atom. The Balaban J connectivity index is 2.38. The van der Waals surface area contributed by atoms with Crippen molar-refractivity contribution in [2.45, 2.75) is 0 Å². The fourth-order valence-corrected chi connectivity index (χ4v) is 2.76. The lowest BCUT2D eigenvalue weighted by molar-refractivity contribution is 0.622. The van der Waals surface area contributed by atoms with E-state index >= 15 is 0 Å². The van der Waals surface area contributed by atoms with E-state index in [1.807, 2.05) is 0 Å². The molecule has 0 aliphatic heterocycles. The third-order valence-corrected chi connectivity index (χ3v) is 4.15. The summed E-state index contributed by atoms with van der Waals surface area (Å²) < 4.78 is 29.6. The van der Waals surface area contributed by atoms with Gasteiger partial charge in [-0.2, -0.15) is 0 Å². The predicted octanol–water partition coefficient (Wildman–Crippen LogP) is 4.41. The third-order valence-electron chi connectivity index (χ3n) is 2.87. The van der Waals surface area contributed by atoms with E-state index in [0.29, 0.717) is 25.7 Å². The summed E-state index contributed by atoms with van der Waals surface area (Å²) in [7, 11) is 0. The minimum atomic E-state index is -0.439. The average molecular weight is 403 g/mol. The molecule has 20 heavy (non-hydrogen) atoms. The molecule has 1 heterocycles. The zero-order valence-corrected chi connectivity index (χ0v) is 13.0. The van der Waals surface area contributed by atoms with Crippen LogP contribution in [0.1, 0.15) is 0 Å². The zero-order valence-electron chi connectivity index (χ0n) is 9.87. The minimum Gasteiger partial charge on any atom is -0.369 e. The molecule has 2 aromatic carbocycles. The van der Waals surface area contributed by atoms with Crippen LogP contribution in [0.4, 0.5) is 14.7 Å². The minimum absolute atomic E-state index is 0.156. The molecule has 0 unspecified atom stereocenters. The summed E-state index contributed by atoms with van der Waals surface area (Å²) in [6.45, 7) is 0. The van der Waals surface area contributed by atoms with Crippen LogP contribution in [0.2, 0.25) is 0 Å². The number of anilines is 1. The predicted molar refractivity (Wildman–Crippen MR) is 80.8 cm³/mol. The second-order valence-corrected chi connectivity index (χ2v) is 5.86. The van der Waals surface area contributed by atoms with Crippen molar-refractivity contribution in [3.63, 3.8) is 0 Å². The van der Waals surface area contributed by atoms with Crippen LogP contribution in [0.15, 0.2) is 39.3 Å². The van der Waals surface area contributed by atoms with Gasteiger partial charge in [-0.3, -0.25) is 4.57 Å². The molecular weight excluding hydrogens is 396 g/mol. The number of nitrogens with two attached hydrogens (primary N) is 1. The van der Waals surface area contributed by atoms with Crippen molar-refractivity contribution in [1.82, 2.24) is 9.55 Å². The summed E-state index contributed by atoms with van der Waals surface area (Å²) in [6, 6.07) is 7.03. The fourth-order valence-electron chi connectivity index (χ4n) is 2.00. The molecule has 0 fully saturated rings. The third kappa shape index (κ3) is 2.10. The maximum Gasteiger partial charge on any atom is 0.205 e. The standard InChI is InChI=1S/C13H7Br2F2N3/c14-7-2-1-6(16)3-11(7)20-12-5-9(17)8(15)4-10(12)19-13(20)18/h1-5H,(H2,18,19). The van der Waals surface area contributed by atoms with Crippen LogP contribution in [0.25, 0.3) is 16.7 Å². The molecule has 3 rings (SSSR count). The van der Waals surface area contributed by atoms with Gasteiger partial charge in [0.25, 0.3) is 0 Å². The van der Waals surface area contributed by atoms with Gasteiger partial charge >= 0.3 is 0 Å². The summed E-state index contributed by atoms with van der Waals surface area (Å²) in [5, 5.41) is 0. The lowest BCUT2D eigenvalue weighted by Gasteiger charge is -2.09. The normalized spacial score (nSPS) is 11.2. The SMILES string of the molecule is Nc1nc2cc(Br)c(F)cc2n1-c1cc(F)ccc1Br. The van der Waals surface area contributed by atoms with Crippen molar-refractivity contribution in [3.05, 3.63) is 50.9 Å². The highest BCUT2D eigenvalue weighted by atomic mass is 79.9. The summed E-state index contributed by atoms with van der Waals surface area (Å²) in [4.78, 5) is 4.16. The fraction of sp³-hybridized carbons (Fsp3) is 0. The summed E-state index contributed by atoms with van der Waals surface area (Å²) in [5.41, 5.74) is 7.33. The largest absolute Gasteiger partial charge is 0.369 e. The molecule has 0 radical (unpaired) electrons. The summed E-state index contributed by atoms with van der Waals surface area (Å²) in [6.07, 6.45) is 0. The Labute approximate surface area is 129 Å². The molecule has 102 valence electrons. The van der Waals surface area contributed by atoms with Gasteiger partial charge in [0.05, 0.1) is 21.2 Å². The van der Waals surface area contributed by atoms with Crippen LogP contribution < -0.4 is 5.73 Å². The van der Waals surface area contributed by atoms with E-state index in [1.165, 1.54) is 28.8 Å². The van der Waals surface area contributed by atoms with Gasteiger partial charge in [-0.25, -0.2) is 13.8 Å². The Hall–Kier alpha value is -1.47. The van der Waals surface area contributed by atoms with Gasteiger partial charge in [-0.15, -0.1) is 0 Å². The number of rotatable bonds is 1. The van der Waals surface area contributed by atoms with Gasteiger partial charge in [0.2, 0.25) is 5.95 Å². The average Bonchev–Trinajstić information content (AvgIpc) is 2.69. The first-order chi connectivity index (χ1) is 9.47. The van der Waals surface area contributed by atoms with Gasteiger partial charge in [0, 0.05) is 10.5 Å². The van der Waals surface area contributed by atoms with Crippen molar-refractivity contribution >= 4 is 48.8 Å². The highest BCUT2D eigenvalue weighted by Gasteiger charge is 2.15. The van der Waals surface area contributed by atoms with E-state index < -0.39 is 11.6 Å². The number of nitrogen functional groups attached to an aromatic ring is 1. The van der Waals surface area contributed by atoms with Gasteiger partial charge in [-0.1, -0.05) is 0 Å². The second kappa shape index (κ2) is 4.82. The van der Waals surface area contributed by atoms with Gasteiger partial charge in [0.15, 0.2) is 0 Å². The smallest absolute Gasteiger partial charge is 0.205 e. The van der Waals surface area contributed by atoms with Crippen molar-refractivity contribution in [2.24, 2.45) is 0 Å². The zero-order chi connectivity index (χ0) is 14.4. The number of nitrogens with zero attached hydrogens (tertiary/aromatic N) is 2. The quantitative estimate of drug-likeness (QED) is 0.655. The Morgan fingerprint density at radius 2 is 1.80 bits per heavy atom. The number of hydrogen-bond acceptors (Lipinski definition) is 2. The Bertz CT molecular complexity index is 830. The van der Waals surface area contributed by atoms with E-state index in [4.69, 9.17) is 5.73 Å². The molecule has 0 aliphatic carbocycles. The molecule has 1 aromatic heterocycles. The van der Waals surface area contributed by atoms with Crippen LogP contribution in [-0.4, -0.2) is 9.55 Å². The maximum absolute atomic E-state index is 13.7. The van der Waals surface area contributed by atoms with Crippen LogP contribution >= 0.6 is 31.9 Å². The lowest BCUT2D eigenvalue weighted by Crippen LogP contribution is -2.02. The van der Waals surface area contributed by atoms with E-state index in [1.54, 1.807) is 6.07 Å². The monoisotopic (exact) mass is 401 g/mol. The number of fused-ring (bicyclic) bond motifs is 1. The molecule has 0 spiro atoms. The second-order valence-electron chi connectivity index (χ2n) is 4.16. The number of hydrogen-bond donors (Lipinski definition) is 1. The molecule has 0 bridgehead atoms. The topological polar surface area (TPSA) is 43.8 Å². The summed E-state index contributed by atoms with van der Waals surface area (Å²) >= 11 is 6.43. The number of halogens is 4. The highest BCUT2D eigenvalue weighted by molar-refractivity contribution is 9.10. The maximum atomic E-state index is 13.7. The highest BCUT2D eigenvalue weighted by Crippen LogP contribution is 2.31. The molecule has 2 N–H and O–H groups in total. The van der Waals surface area contributed by atoms with Crippen LogP contribution in [0.5, 0.6) is 0 Å². The van der Waals surface area contributed by atoms with Crippen molar-refractivity contribution < 1.29 is 8.78 Å². The van der Waals surface area contributed by atoms with Gasteiger partial charge in [-0.05, 0) is 56.1 Å². The van der Waals surface area contributed by atoms with E-state index in [9.17, 15) is 8.78 Å². The van der Waals surface area contributed by atoms with E-state index in [-0.39, 0.29) is 5.95 Å². The van der Waals surface area contributed by atoms with Gasteiger partial charge in [0.1, 0.15) is 11.6 Å². The first kappa shape index (κ1) is 13.5. The van der Waals surface area contributed by atoms with Crippen LogP contribution in [0.3, 0.4) is 0 Å². The molecular formula is C13H7Br2F2N3. The molecule has 0 saturated carbocycles. The molecule has 0 aliphatic rings. The van der Waals surface area contributed by atoms with Crippen LogP contribution in [0, 0.1) is 11.6 Å². The summed E-state index contributed by atoms with van der Waals surface area (Å²) in [5.74, 6) is -0.697. The Kier molecular flexibility index (Phi) is 3.25. The number of benzene rings is 2. The van der Waals surface area contributed by atoms with Crippen LogP contribution in [-0.2, 0) is 0 Å². The van der Waals surface area contributed by atoms with Crippen molar-refractivity contribution in [2.75, 3.05) is 5.73 Å². The number of aromatic nitrogens is 2. The first-order valence-electron chi connectivity index (χ1n) is 5.56. The molecule has 0 amide bonds.